The fourth-order valence-electron chi connectivity index (χ4n) is 4.40. The Morgan fingerprint density at radius 2 is 1.46 bits per heavy atom. The highest BCUT2D eigenvalue weighted by atomic mass is 32.2. The average Bonchev–Trinajstić information content (AvgIpc) is 2.93. The normalized spacial score (nSPS) is 18.5. The predicted molar refractivity (Wildman–Crippen MR) is 140 cm³/mol. The molecule has 0 aliphatic carbocycles. The van der Waals surface area contributed by atoms with Crippen molar-refractivity contribution in [2.24, 2.45) is 0 Å². The molecule has 2 aromatic rings. The molecule has 4 rings (SSSR count). The summed E-state index contributed by atoms with van der Waals surface area (Å²) >= 11 is 0. The summed E-state index contributed by atoms with van der Waals surface area (Å²) in [6.45, 7) is 4.39. The van der Waals surface area contributed by atoms with Gasteiger partial charge < -0.3 is 15.0 Å². The highest BCUT2D eigenvalue weighted by molar-refractivity contribution is 7.89. The first-order chi connectivity index (χ1) is 17.8. The van der Waals surface area contributed by atoms with Crippen molar-refractivity contribution in [3.05, 3.63) is 65.7 Å². The van der Waals surface area contributed by atoms with Gasteiger partial charge in [0, 0.05) is 57.9 Å². The highest BCUT2D eigenvalue weighted by Crippen LogP contribution is 2.18. The van der Waals surface area contributed by atoms with Gasteiger partial charge in [0.25, 0.3) is 5.91 Å². The van der Waals surface area contributed by atoms with Crippen LogP contribution in [0, 0.1) is 0 Å². The van der Waals surface area contributed by atoms with Crippen molar-refractivity contribution < 1.29 is 26.4 Å². The summed E-state index contributed by atoms with van der Waals surface area (Å²) in [5.74, 6) is -0.636. The van der Waals surface area contributed by atoms with E-state index < -0.39 is 26.0 Å². The summed E-state index contributed by atoms with van der Waals surface area (Å²) in [6, 6.07) is 15.9. The summed E-state index contributed by atoms with van der Waals surface area (Å²) in [6.07, 6.45) is 0.930. The molecule has 2 aromatic carbocycles. The maximum atomic E-state index is 12.8. The van der Waals surface area contributed by atoms with Crippen LogP contribution in [0.25, 0.3) is 0 Å². The van der Waals surface area contributed by atoms with E-state index in [0.717, 1.165) is 13.0 Å². The summed E-state index contributed by atoms with van der Waals surface area (Å²) in [5, 5.41) is 2.63. The minimum absolute atomic E-state index is 0.0246. The Labute approximate surface area is 219 Å². The number of hydrogen-bond donors (Lipinski definition) is 1. The predicted octanol–water partition coefficient (Wildman–Crippen LogP) is 0.627. The van der Waals surface area contributed by atoms with Gasteiger partial charge in [0.05, 0.1) is 23.9 Å². The number of carbonyl (C=O) groups is 1. The van der Waals surface area contributed by atoms with Gasteiger partial charge in [-0.1, -0.05) is 30.3 Å². The molecule has 2 saturated heterocycles. The molecule has 2 aliphatic heterocycles. The van der Waals surface area contributed by atoms with Crippen molar-refractivity contribution in [3.8, 4) is 0 Å². The lowest BCUT2D eigenvalue weighted by atomic mass is 10.1. The molecule has 10 nitrogen and oxygen atoms in total. The summed E-state index contributed by atoms with van der Waals surface area (Å²) in [7, 11) is -7.14. The molecule has 0 atom stereocenters. The van der Waals surface area contributed by atoms with Crippen LogP contribution in [0.1, 0.15) is 15.9 Å². The number of ether oxygens (including phenoxy) is 1. The molecule has 0 unspecified atom stereocenters. The maximum Gasteiger partial charge on any atom is 0.251 e. The number of carbonyl (C=O) groups excluding carboxylic acids is 1. The Hall–Kier alpha value is -2.35. The molecule has 0 radical (unpaired) electrons. The number of rotatable bonds is 10. The largest absolute Gasteiger partial charge is 0.379 e. The lowest BCUT2D eigenvalue weighted by molar-refractivity contribution is 0.0730. The highest BCUT2D eigenvalue weighted by Gasteiger charge is 2.28. The van der Waals surface area contributed by atoms with E-state index in [2.05, 4.69) is 22.3 Å². The Bertz CT molecular complexity index is 1240. The molecular weight excluding hydrogens is 516 g/mol. The lowest BCUT2D eigenvalue weighted by Crippen LogP contribution is -2.50. The molecule has 37 heavy (non-hydrogen) atoms. The molecule has 1 N–H and O–H groups in total. The van der Waals surface area contributed by atoms with Gasteiger partial charge in [-0.3, -0.25) is 4.79 Å². The fourth-order valence-corrected chi connectivity index (χ4v) is 7.15. The van der Waals surface area contributed by atoms with Gasteiger partial charge in [0.1, 0.15) is 0 Å². The third kappa shape index (κ3) is 7.37. The van der Waals surface area contributed by atoms with E-state index in [4.69, 9.17) is 4.74 Å². The van der Waals surface area contributed by atoms with Crippen LogP contribution >= 0.6 is 0 Å². The molecule has 202 valence electrons. The number of sulfonamides is 2. The number of hydrogen-bond acceptors (Lipinski definition) is 7. The van der Waals surface area contributed by atoms with Crippen LogP contribution in [-0.2, 0) is 31.2 Å². The van der Waals surface area contributed by atoms with E-state index >= 15 is 0 Å². The molecular formula is C25H34N4O6S2. The van der Waals surface area contributed by atoms with Crippen molar-refractivity contribution in [3.63, 3.8) is 0 Å². The average molecular weight is 551 g/mol. The monoisotopic (exact) mass is 550 g/mol. The van der Waals surface area contributed by atoms with Crippen molar-refractivity contribution >= 4 is 26.0 Å². The van der Waals surface area contributed by atoms with E-state index in [9.17, 15) is 21.6 Å². The van der Waals surface area contributed by atoms with Crippen molar-refractivity contribution in [1.82, 2.24) is 18.8 Å². The Morgan fingerprint density at radius 3 is 2.11 bits per heavy atom. The van der Waals surface area contributed by atoms with E-state index in [1.54, 1.807) is 0 Å². The molecule has 12 heteroatoms. The number of nitrogens with one attached hydrogen (secondary N) is 1. The van der Waals surface area contributed by atoms with Crippen LogP contribution in [0.4, 0.5) is 0 Å². The van der Waals surface area contributed by atoms with E-state index in [1.807, 2.05) is 18.2 Å². The minimum atomic E-state index is -3.64. The number of piperazine rings is 1. The number of morpholine rings is 1. The Morgan fingerprint density at radius 1 is 0.811 bits per heavy atom. The quantitative estimate of drug-likeness (QED) is 0.461. The van der Waals surface area contributed by atoms with Crippen molar-refractivity contribution in [2.75, 3.05) is 71.3 Å². The van der Waals surface area contributed by atoms with Gasteiger partial charge in [0.15, 0.2) is 0 Å². The van der Waals surface area contributed by atoms with E-state index in [1.165, 1.54) is 38.4 Å². The molecule has 1 amide bonds. The van der Waals surface area contributed by atoms with Gasteiger partial charge in [-0.05, 0) is 36.2 Å². The van der Waals surface area contributed by atoms with Crippen molar-refractivity contribution in [1.29, 1.82) is 0 Å². The van der Waals surface area contributed by atoms with Crippen molar-refractivity contribution in [2.45, 2.75) is 11.3 Å². The summed E-state index contributed by atoms with van der Waals surface area (Å²) in [4.78, 5) is 14.9. The zero-order valence-corrected chi connectivity index (χ0v) is 22.4. The standard InChI is InChI=1S/C25H34N4O6S2/c30-25(23-6-8-24(9-7-23)37(33,34)29-17-19-35-20-18-29)26-11-21-36(31,32)28-15-13-27(14-16-28)12-10-22-4-2-1-3-5-22/h1-9H,10-21H2,(H,26,30). The molecule has 0 bridgehead atoms. The second-order valence-corrected chi connectivity index (χ2v) is 13.1. The molecule has 0 spiro atoms. The van der Waals surface area contributed by atoms with Crippen LogP contribution in [0.3, 0.4) is 0 Å². The van der Waals surface area contributed by atoms with E-state index in [0.29, 0.717) is 52.5 Å². The summed E-state index contributed by atoms with van der Waals surface area (Å²) in [5.41, 5.74) is 1.53. The lowest BCUT2D eigenvalue weighted by Gasteiger charge is -2.34. The molecule has 0 aromatic heterocycles. The second-order valence-electron chi connectivity index (χ2n) is 9.09. The first-order valence-corrected chi connectivity index (χ1v) is 15.5. The van der Waals surface area contributed by atoms with E-state index in [-0.39, 0.29) is 22.8 Å². The molecule has 0 saturated carbocycles. The minimum Gasteiger partial charge on any atom is -0.379 e. The zero-order valence-electron chi connectivity index (χ0n) is 20.8. The number of benzene rings is 2. The molecule has 2 fully saturated rings. The number of nitrogens with zero attached hydrogens (tertiary/aromatic N) is 3. The van der Waals surface area contributed by atoms with Crippen LogP contribution in [0.5, 0.6) is 0 Å². The maximum absolute atomic E-state index is 12.8. The van der Waals surface area contributed by atoms with Gasteiger partial charge in [0.2, 0.25) is 20.0 Å². The van der Waals surface area contributed by atoms with Crippen LogP contribution in [0.2, 0.25) is 0 Å². The van der Waals surface area contributed by atoms with Gasteiger partial charge in [-0.15, -0.1) is 0 Å². The van der Waals surface area contributed by atoms with Crippen LogP contribution < -0.4 is 5.32 Å². The zero-order chi connectivity index (χ0) is 26.3. The third-order valence-electron chi connectivity index (χ3n) is 6.65. The topological polar surface area (TPSA) is 116 Å². The Kier molecular flexibility index (Phi) is 9.32. The van der Waals surface area contributed by atoms with Gasteiger partial charge >= 0.3 is 0 Å². The van der Waals surface area contributed by atoms with Gasteiger partial charge in [-0.2, -0.15) is 8.61 Å². The van der Waals surface area contributed by atoms with Gasteiger partial charge in [-0.25, -0.2) is 16.8 Å². The second kappa shape index (κ2) is 12.5. The van der Waals surface area contributed by atoms with Crippen LogP contribution in [0.15, 0.2) is 59.5 Å². The third-order valence-corrected chi connectivity index (χ3v) is 10.4. The SMILES string of the molecule is O=C(NCCS(=O)(=O)N1CCN(CCc2ccccc2)CC1)c1ccc(S(=O)(=O)N2CCOCC2)cc1. The number of amides is 1. The summed E-state index contributed by atoms with van der Waals surface area (Å²) < 4.78 is 59.0. The molecule has 2 heterocycles. The Balaban J connectivity index is 1.21. The van der Waals surface area contributed by atoms with Crippen LogP contribution in [-0.4, -0.2) is 108 Å². The first-order valence-electron chi connectivity index (χ1n) is 12.5. The molecule has 2 aliphatic rings. The fraction of sp³-hybridized carbons (Fsp3) is 0.480. The smallest absolute Gasteiger partial charge is 0.251 e. The first kappa shape index (κ1) is 27.7.